The molecule has 2 rings (SSSR count). The molecule has 1 amide bonds. The summed E-state index contributed by atoms with van der Waals surface area (Å²) < 4.78 is 38.9. The molecule has 21 heavy (non-hydrogen) atoms. The van der Waals surface area contributed by atoms with Crippen molar-refractivity contribution in [1.82, 2.24) is 5.32 Å². The third kappa shape index (κ3) is 3.58. The Balaban J connectivity index is 2.28. The van der Waals surface area contributed by atoms with Crippen molar-refractivity contribution in [1.29, 1.82) is 0 Å². The van der Waals surface area contributed by atoms with Crippen molar-refractivity contribution < 1.29 is 18.0 Å². The molecule has 1 aromatic carbocycles. The lowest BCUT2D eigenvalue weighted by Gasteiger charge is -2.21. The van der Waals surface area contributed by atoms with E-state index in [4.69, 9.17) is 0 Å². The lowest BCUT2D eigenvalue weighted by atomic mass is 10.2. The Morgan fingerprint density at radius 3 is 2.62 bits per heavy atom. The van der Waals surface area contributed by atoms with Gasteiger partial charge in [0.15, 0.2) is 0 Å². The number of alkyl halides is 3. The standard InChI is InChI=1S/C14H16BrF3N2O/c1-8(2)19-11-5-6-20(13(11)21)12-7-9(14(16,17)18)3-4-10(12)15/h3-4,7-8,11,19H,5-6H2,1-2H3. The normalized spacial score (nSPS) is 19.7. The quantitative estimate of drug-likeness (QED) is 0.888. The summed E-state index contributed by atoms with van der Waals surface area (Å²) in [7, 11) is 0. The number of amides is 1. The molecule has 0 saturated carbocycles. The van der Waals surface area contributed by atoms with Crippen LogP contribution in [0.4, 0.5) is 18.9 Å². The Labute approximate surface area is 129 Å². The second-order valence-corrected chi connectivity index (χ2v) is 6.17. The maximum Gasteiger partial charge on any atom is 0.416 e. The van der Waals surface area contributed by atoms with Gasteiger partial charge in [0.05, 0.1) is 17.3 Å². The van der Waals surface area contributed by atoms with Gasteiger partial charge in [-0.15, -0.1) is 0 Å². The summed E-state index contributed by atoms with van der Waals surface area (Å²) >= 11 is 3.22. The SMILES string of the molecule is CC(C)NC1CCN(c2cc(C(F)(F)F)ccc2Br)C1=O. The van der Waals surface area contributed by atoms with Crippen molar-refractivity contribution in [3.8, 4) is 0 Å². The average molecular weight is 365 g/mol. The number of benzene rings is 1. The summed E-state index contributed by atoms with van der Waals surface area (Å²) in [6.07, 6.45) is -3.84. The van der Waals surface area contributed by atoms with Crippen molar-refractivity contribution in [2.45, 2.75) is 38.5 Å². The van der Waals surface area contributed by atoms with Crippen LogP contribution in [-0.2, 0) is 11.0 Å². The molecule has 0 radical (unpaired) electrons. The lowest BCUT2D eigenvalue weighted by Crippen LogP contribution is -2.41. The number of nitrogens with one attached hydrogen (secondary N) is 1. The molecule has 0 aromatic heterocycles. The number of carbonyl (C=O) groups is 1. The van der Waals surface area contributed by atoms with Gasteiger partial charge in [0, 0.05) is 17.1 Å². The summed E-state index contributed by atoms with van der Waals surface area (Å²) in [5, 5.41) is 3.13. The van der Waals surface area contributed by atoms with Crippen LogP contribution in [0.25, 0.3) is 0 Å². The number of carbonyl (C=O) groups excluding carboxylic acids is 1. The van der Waals surface area contributed by atoms with E-state index in [9.17, 15) is 18.0 Å². The molecule has 7 heteroatoms. The van der Waals surface area contributed by atoms with E-state index in [1.807, 2.05) is 13.8 Å². The van der Waals surface area contributed by atoms with E-state index in [2.05, 4.69) is 21.2 Å². The van der Waals surface area contributed by atoms with Crippen LogP contribution in [0.3, 0.4) is 0 Å². The molecule has 1 saturated heterocycles. The van der Waals surface area contributed by atoms with Gasteiger partial charge in [0.1, 0.15) is 0 Å². The first-order valence-electron chi connectivity index (χ1n) is 6.64. The summed E-state index contributed by atoms with van der Waals surface area (Å²) in [5.41, 5.74) is -0.489. The zero-order valence-electron chi connectivity index (χ0n) is 11.7. The fraction of sp³-hybridized carbons (Fsp3) is 0.500. The summed E-state index contributed by atoms with van der Waals surface area (Å²) in [5.74, 6) is -0.191. The van der Waals surface area contributed by atoms with E-state index >= 15 is 0 Å². The topological polar surface area (TPSA) is 32.3 Å². The Morgan fingerprint density at radius 1 is 1.38 bits per heavy atom. The molecule has 1 N–H and O–H groups in total. The number of halogens is 4. The van der Waals surface area contributed by atoms with E-state index < -0.39 is 11.7 Å². The van der Waals surface area contributed by atoms with E-state index in [0.717, 1.165) is 12.1 Å². The molecule has 116 valence electrons. The second-order valence-electron chi connectivity index (χ2n) is 5.32. The van der Waals surface area contributed by atoms with E-state index in [1.165, 1.54) is 11.0 Å². The first-order chi connectivity index (χ1) is 9.70. The molecular formula is C14H16BrF3N2O. The maximum atomic E-state index is 12.8. The molecule has 1 aliphatic rings. The Kier molecular flexibility index (Phi) is 4.63. The highest BCUT2D eigenvalue weighted by atomic mass is 79.9. The highest BCUT2D eigenvalue weighted by molar-refractivity contribution is 9.10. The van der Waals surface area contributed by atoms with Crippen molar-refractivity contribution >= 4 is 27.5 Å². The minimum Gasteiger partial charge on any atom is -0.310 e. The third-order valence-corrected chi connectivity index (χ3v) is 3.97. The van der Waals surface area contributed by atoms with Crippen molar-refractivity contribution in [3.05, 3.63) is 28.2 Å². The van der Waals surface area contributed by atoms with E-state index in [0.29, 0.717) is 17.4 Å². The molecule has 3 nitrogen and oxygen atoms in total. The zero-order valence-corrected chi connectivity index (χ0v) is 13.3. The van der Waals surface area contributed by atoms with Gasteiger partial charge in [-0.2, -0.15) is 13.2 Å². The maximum absolute atomic E-state index is 12.8. The number of nitrogens with zero attached hydrogens (tertiary/aromatic N) is 1. The van der Waals surface area contributed by atoms with Gasteiger partial charge in [-0.05, 0) is 40.5 Å². The predicted octanol–water partition coefficient (Wildman–Crippen LogP) is 3.57. The molecule has 1 unspecified atom stereocenters. The summed E-state index contributed by atoms with van der Waals surface area (Å²) in [4.78, 5) is 13.7. The van der Waals surface area contributed by atoms with Gasteiger partial charge in [-0.25, -0.2) is 0 Å². The molecule has 1 fully saturated rings. The molecule has 1 heterocycles. The highest BCUT2D eigenvalue weighted by Crippen LogP contribution is 2.36. The number of anilines is 1. The minimum absolute atomic E-state index is 0.142. The van der Waals surface area contributed by atoms with Crippen molar-refractivity contribution in [2.75, 3.05) is 11.4 Å². The van der Waals surface area contributed by atoms with Crippen LogP contribution < -0.4 is 10.2 Å². The third-order valence-electron chi connectivity index (χ3n) is 3.30. The van der Waals surface area contributed by atoms with Crippen LogP contribution in [0.15, 0.2) is 22.7 Å². The summed E-state index contributed by atoms with van der Waals surface area (Å²) in [6.45, 7) is 4.26. The van der Waals surface area contributed by atoms with Crippen LogP contribution in [-0.4, -0.2) is 24.5 Å². The minimum atomic E-state index is -4.42. The smallest absolute Gasteiger partial charge is 0.310 e. The van der Waals surface area contributed by atoms with Crippen LogP contribution in [0.2, 0.25) is 0 Å². The number of rotatable bonds is 3. The fourth-order valence-electron chi connectivity index (χ4n) is 2.37. The van der Waals surface area contributed by atoms with Crippen LogP contribution in [0, 0.1) is 0 Å². The van der Waals surface area contributed by atoms with Crippen molar-refractivity contribution in [2.24, 2.45) is 0 Å². The molecule has 1 atom stereocenters. The fourth-order valence-corrected chi connectivity index (χ4v) is 2.83. The Morgan fingerprint density at radius 2 is 2.05 bits per heavy atom. The second kappa shape index (κ2) is 5.96. The van der Waals surface area contributed by atoms with Crippen molar-refractivity contribution in [3.63, 3.8) is 0 Å². The predicted molar refractivity (Wildman–Crippen MR) is 78.2 cm³/mol. The van der Waals surface area contributed by atoms with Gasteiger partial charge in [-0.1, -0.05) is 13.8 Å². The van der Waals surface area contributed by atoms with Crippen LogP contribution in [0.5, 0.6) is 0 Å². The zero-order chi connectivity index (χ0) is 15.8. The highest BCUT2D eigenvalue weighted by Gasteiger charge is 2.36. The molecule has 0 bridgehead atoms. The molecule has 0 spiro atoms. The first kappa shape index (κ1) is 16.3. The summed E-state index contributed by atoms with van der Waals surface area (Å²) in [6, 6.07) is 3.14. The van der Waals surface area contributed by atoms with Gasteiger partial charge in [-0.3, -0.25) is 4.79 Å². The van der Waals surface area contributed by atoms with Gasteiger partial charge >= 0.3 is 6.18 Å². The molecule has 0 aliphatic carbocycles. The van der Waals surface area contributed by atoms with Gasteiger partial charge in [0.25, 0.3) is 0 Å². The van der Waals surface area contributed by atoms with E-state index in [1.54, 1.807) is 0 Å². The molecule has 1 aliphatic heterocycles. The first-order valence-corrected chi connectivity index (χ1v) is 7.43. The van der Waals surface area contributed by atoms with Crippen LogP contribution in [0.1, 0.15) is 25.8 Å². The van der Waals surface area contributed by atoms with Crippen LogP contribution >= 0.6 is 15.9 Å². The van der Waals surface area contributed by atoms with Gasteiger partial charge in [0.2, 0.25) is 5.91 Å². The lowest BCUT2D eigenvalue weighted by molar-refractivity contribution is -0.137. The average Bonchev–Trinajstić information content (AvgIpc) is 2.70. The molecular weight excluding hydrogens is 349 g/mol. The largest absolute Gasteiger partial charge is 0.416 e. The molecule has 1 aromatic rings. The van der Waals surface area contributed by atoms with Gasteiger partial charge < -0.3 is 10.2 Å². The number of hydrogen-bond acceptors (Lipinski definition) is 2. The number of hydrogen-bond donors (Lipinski definition) is 1. The monoisotopic (exact) mass is 364 g/mol. The Bertz CT molecular complexity index is 546. The Hall–Kier alpha value is -1.08. The van der Waals surface area contributed by atoms with E-state index in [-0.39, 0.29) is 23.7 Å².